The maximum atomic E-state index is 10.8. The molecule has 0 N–H and O–H groups in total. The Hall–Kier alpha value is -1.17. The Morgan fingerprint density at radius 1 is 1.47 bits per heavy atom. The van der Waals surface area contributed by atoms with E-state index in [4.69, 9.17) is 16.3 Å². The smallest absolute Gasteiger partial charge is 0.288 e. The zero-order valence-electron chi connectivity index (χ0n) is 10.8. The molecule has 0 unspecified atom stereocenters. The van der Waals surface area contributed by atoms with E-state index in [1.165, 1.54) is 0 Å². The molecule has 0 amide bonds. The molecule has 0 radical (unpaired) electrons. The van der Waals surface area contributed by atoms with Crippen LogP contribution in [-0.2, 0) is 11.3 Å². The molecule has 0 atom stereocenters. The summed E-state index contributed by atoms with van der Waals surface area (Å²) in [5.41, 5.74) is 0.901. The van der Waals surface area contributed by atoms with E-state index in [9.17, 15) is 10.1 Å². The number of piperidine rings is 1. The highest BCUT2D eigenvalue weighted by atomic mass is 35.5. The Morgan fingerprint density at radius 3 is 2.74 bits per heavy atom. The Kier molecular flexibility index (Phi) is 4.74. The standard InChI is InChI=1S/C13H17ClN2O3/c1-19-11-4-6-15(7-5-11)9-10-2-3-12(14)13(8-10)16(17)18/h2-3,8,11H,4-7,9H2,1H3. The third kappa shape index (κ3) is 3.65. The predicted molar refractivity (Wildman–Crippen MR) is 73.4 cm³/mol. The van der Waals surface area contributed by atoms with Crippen molar-refractivity contribution in [1.29, 1.82) is 0 Å². The molecule has 0 aromatic heterocycles. The van der Waals surface area contributed by atoms with Crippen molar-refractivity contribution >= 4 is 17.3 Å². The fourth-order valence-electron chi connectivity index (χ4n) is 2.36. The van der Waals surface area contributed by atoms with Crippen molar-refractivity contribution in [3.63, 3.8) is 0 Å². The molecule has 1 fully saturated rings. The van der Waals surface area contributed by atoms with Crippen LogP contribution in [0.3, 0.4) is 0 Å². The second kappa shape index (κ2) is 6.32. The third-order valence-electron chi connectivity index (χ3n) is 3.48. The first kappa shape index (κ1) is 14.2. The van der Waals surface area contributed by atoms with Crippen molar-refractivity contribution in [1.82, 2.24) is 4.90 Å². The first-order chi connectivity index (χ1) is 9.10. The second-order valence-corrected chi connectivity index (χ2v) is 5.16. The lowest BCUT2D eigenvalue weighted by molar-refractivity contribution is -0.384. The summed E-state index contributed by atoms with van der Waals surface area (Å²) < 4.78 is 5.32. The Labute approximate surface area is 117 Å². The molecule has 104 valence electrons. The number of nitro benzene ring substituents is 1. The van der Waals surface area contributed by atoms with E-state index < -0.39 is 4.92 Å². The minimum Gasteiger partial charge on any atom is -0.381 e. The average Bonchev–Trinajstić information content (AvgIpc) is 2.41. The number of rotatable bonds is 4. The molecule has 1 aliphatic rings. The Bertz CT molecular complexity index is 459. The molecule has 1 aromatic rings. The van der Waals surface area contributed by atoms with Gasteiger partial charge < -0.3 is 4.74 Å². The van der Waals surface area contributed by atoms with Gasteiger partial charge in [-0.25, -0.2) is 0 Å². The van der Waals surface area contributed by atoms with Gasteiger partial charge in [0.15, 0.2) is 0 Å². The van der Waals surface area contributed by atoms with Crippen LogP contribution in [0.1, 0.15) is 18.4 Å². The normalized spacial score (nSPS) is 17.6. The van der Waals surface area contributed by atoms with Crippen LogP contribution in [0.5, 0.6) is 0 Å². The molecule has 1 heterocycles. The topological polar surface area (TPSA) is 55.6 Å². The highest BCUT2D eigenvalue weighted by Gasteiger charge is 2.20. The van der Waals surface area contributed by atoms with Gasteiger partial charge in [0.1, 0.15) is 5.02 Å². The van der Waals surface area contributed by atoms with Gasteiger partial charge in [0, 0.05) is 32.8 Å². The summed E-state index contributed by atoms with van der Waals surface area (Å²) >= 11 is 5.80. The van der Waals surface area contributed by atoms with Crippen molar-refractivity contribution in [2.75, 3.05) is 20.2 Å². The number of methoxy groups -OCH3 is 1. The van der Waals surface area contributed by atoms with Crippen LogP contribution in [0.25, 0.3) is 0 Å². The van der Waals surface area contributed by atoms with Gasteiger partial charge in [-0.1, -0.05) is 17.7 Å². The average molecular weight is 285 g/mol. The summed E-state index contributed by atoms with van der Waals surface area (Å²) in [6.07, 6.45) is 2.36. The molecular weight excluding hydrogens is 268 g/mol. The molecule has 5 nitrogen and oxygen atoms in total. The minimum atomic E-state index is -0.441. The second-order valence-electron chi connectivity index (χ2n) is 4.75. The van der Waals surface area contributed by atoms with Crippen LogP contribution in [0.2, 0.25) is 5.02 Å². The minimum absolute atomic E-state index is 0.0223. The van der Waals surface area contributed by atoms with Crippen LogP contribution in [0, 0.1) is 10.1 Å². The summed E-state index contributed by atoms with van der Waals surface area (Å²) in [5, 5.41) is 11.0. The Balaban J connectivity index is 2.00. The van der Waals surface area contributed by atoms with E-state index in [0.717, 1.165) is 31.5 Å². The van der Waals surface area contributed by atoms with E-state index in [1.54, 1.807) is 19.2 Å². The number of hydrogen-bond acceptors (Lipinski definition) is 4. The lowest BCUT2D eigenvalue weighted by atomic mass is 10.1. The van der Waals surface area contributed by atoms with Gasteiger partial charge in [0.05, 0.1) is 11.0 Å². The van der Waals surface area contributed by atoms with Crippen molar-refractivity contribution in [2.24, 2.45) is 0 Å². The molecule has 0 bridgehead atoms. The van der Waals surface area contributed by atoms with E-state index in [-0.39, 0.29) is 10.7 Å². The molecule has 0 aliphatic carbocycles. The summed E-state index contributed by atoms with van der Waals surface area (Å²) in [5.74, 6) is 0. The number of hydrogen-bond donors (Lipinski definition) is 0. The molecule has 2 rings (SSSR count). The fraction of sp³-hybridized carbons (Fsp3) is 0.538. The maximum Gasteiger partial charge on any atom is 0.288 e. The van der Waals surface area contributed by atoms with Gasteiger partial charge in [-0.3, -0.25) is 15.0 Å². The summed E-state index contributed by atoms with van der Waals surface area (Å²) in [7, 11) is 1.74. The number of likely N-dealkylation sites (tertiary alicyclic amines) is 1. The number of nitro groups is 1. The van der Waals surface area contributed by atoms with E-state index in [2.05, 4.69) is 4.90 Å². The van der Waals surface area contributed by atoms with Crippen molar-refractivity contribution in [3.8, 4) is 0 Å². The molecule has 1 aromatic carbocycles. The summed E-state index contributed by atoms with van der Waals surface area (Å²) in [6.45, 7) is 2.62. The summed E-state index contributed by atoms with van der Waals surface area (Å²) in [4.78, 5) is 12.7. The van der Waals surface area contributed by atoms with Crippen molar-refractivity contribution in [2.45, 2.75) is 25.5 Å². The third-order valence-corrected chi connectivity index (χ3v) is 3.80. The van der Waals surface area contributed by atoms with Gasteiger partial charge in [0.25, 0.3) is 5.69 Å². The highest BCUT2D eigenvalue weighted by molar-refractivity contribution is 6.32. The molecule has 1 aliphatic heterocycles. The predicted octanol–water partition coefficient (Wildman–Crippen LogP) is 2.86. The number of halogens is 1. The number of benzene rings is 1. The van der Waals surface area contributed by atoms with Gasteiger partial charge >= 0.3 is 0 Å². The van der Waals surface area contributed by atoms with E-state index in [0.29, 0.717) is 12.6 Å². The van der Waals surface area contributed by atoms with E-state index >= 15 is 0 Å². The molecular formula is C13H17ClN2O3. The van der Waals surface area contributed by atoms with Crippen LogP contribution < -0.4 is 0 Å². The molecule has 0 saturated carbocycles. The van der Waals surface area contributed by atoms with Gasteiger partial charge in [0.2, 0.25) is 0 Å². The summed E-state index contributed by atoms with van der Waals surface area (Å²) in [6, 6.07) is 5.00. The van der Waals surface area contributed by atoms with Gasteiger partial charge in [-0.15, -0.1) is 0 Å². The van der Waals surface area contributed by atoms with Crippen LogP contribution in [0.15, 0.2) is 18.2 Å². The zero-order chi connectivity index (χ0) is 13.8. The largest absolute Gasteiger partial charge is 0.381 e. The van der Waals surface area contributed by atoms with E-state index in [1.807, 2.05) is 6.07 Å². The quantitative estimate of drug-likeness (QED) is 0.630. The van der Waals surface area contributed by atoms with Crippen molar-refractivity contribution < 1.29 is 9.66 Å². The monoisotopic (exact) mass is 284 g/mol. The molecule has 19 heavy (non-hydrogen) atoms. The molecule has 1 saturated heterocycles. The van der Waals surface area contributed by atoms with Crippen LogP contribution >= 0.6 is 11.6 Å². The lowest BCUT2D eigenvalue weighted by Crippen LogP contribution is -2.36. The lowest BCUT2D eigenvalue weighted by Gasteiger charge is -2.31. The van der Waals surface area contributed by atoms with Gasteiger partial charge in [-0.2, -0.15) is 0 Å². The zero-order valence-corrected chi connectivity index (χ0v) is 11.6. The number of nitrogens with zero attached hydrogens (tertiary/aromatic N) is 2. The Morgan fingerprint density at radius 2 is 2.16 bits per heavy atom. The SMILES string of the molecule is COC1CCN(Cc2ccc(Cl)c([N+](=O)[O-])c2)CC1. The van der Waals surface area contributed by atoms with Crippen LogP contribution in [-0.4, -0.2) is 36.1 Å². The first-order valence-corrected chi connectivity index (χ1v) is 6.66. The fourth-order valence-corrected chi connectivity index (χ4v) is 2.54. The van der Waals surface area contributed by atoms with Crippen molar-refractivity contribution in [3.05, 3.63) is 38.9 Å². The first-order valence-electron chi connectivity index (χ1n) is 6.28. The highest BCUT2D eigenvalue weighted by Crippen LogP contribution is 2.26. The number of ether oxygens (including phenoxy) is 1. The molecule has 0 spiro atoms. The molecule has 6 heteroatoms. The van der Waals surface area contributed by atoms with Crippen LogP contribution in [0.4, 0.5) is 5.69 Å². The van der Waals surface area contributed by atoms with Gasteiger partial charge in [-0.05, 0) is 24.5 Å². The maximum absolute atomic E-state index is 10.8.